The first-order valence-electron chi connectivity index (χ1n) is 5.91. The molecule has 7 heteroatoms. The van der Waals surface area contributed by atoms with Crippen molar-refractivity contribution in [1.29, 1.82) is 0 Å². The first-order valence-corrected chi connectivity index (χ1v) is 5.91. The summed E-state index contributed by atoms with van der Waals surface area (Å²) in [5, 5.41) is 18.6. The molecule has 0 aromatic heterocycles. The van der Waals surface area contributed by atoms with E-state index >= 15 is 0 Å². The van der Waals surface area contributed by atoms with Gasteiger partial charge in [-0.2, -0.15) is 0 Å². The molecule has 2 rings (SSSR count). The number of β-amino-alcohol motifs (C(OH)–C–C–N with tert-alkyl or cyclic N) is 1. The van der Waals surface area contributed by atoms with Crippen LogP contribution in [0.4, 0.5) is 0 Å². The highest BCUT2D eigenvalue weighted by molar-refractivity contribution is 5.89. The highest BCUT2D eigenvalue weighted by Gasteiger charge is 2.50. The molecule has 4 N–H and O–H groups in total. The number of hydrogen-bond donors (Lipinski definition) is 3. The average Bonchev–Trinajstić information content (AvgIpc) is 2.83. The topological polar surface area (TPSA) is 113 Å². The summed E-state index contributed by atoms with van der Waals surface area (Å²) < 4.78 is 5.19. The number of ether oxygens (including phenoxy) is 1. The number of nitrogens with two attached hydrogens (primary N) is 1. The van der Waals surface area contributed by atoms with Crippen LogP contribution in [0.2, 0.25) is 0 Å². The summed E-state index contributed by atoms with van der Waals surface area (Å²) in [4.78, 5) is 24.7. The standard InChI is InChI=1S/C11H18N2O5/c1-11(5-18-4-8(11)12)10(17)13-3-6(14)2-7(13)9(15)16/h6-8,14H,2-5,12H2,1H3,(H,15,16)/t6-,7-,8?,11?/m0/s1. The van der Waals surface area contributed by atoms with E-state index in [1.165, 1.54) is 4.90 Å². The molecular formula is C11H18N2O5. The Hall–Kier alpha value is -1.18. The maximum absolute atomic E-state index is 12.4. The van der Waals surface area contributed by atoms with Gasteiger partial charge in [0.15, 0.2) is 0 Å². The lowest BCUT2D eigenvalue weighted by atomic mass is 9.84. The monoisotopic (exact) mass is 258 g/mol. The van der Waals surface area contributed by atoms with Gasteiger partial charge in [-0.3, -0.25) is 4.79 Å². The second-order valence-electron chi connectivity index (χ2n) is 5.24. The Bertz CT molecular complexity index is 374. The Balaban J connectivity index is 2.20. The van der Waals surface area contributed by atoms with Gasteiger partial charge >= 0.3 is 5.97 Å². The molecule has 102 valence electrons. The van der Waals surface area contributed by atoms with Crippen LogP contribution in [-0.2, 0) is 14.3 Å². The smallest absolute Gasteiger partial charge is 0.326 e. The van der Waals surface area contributed by atoms with Crippen LogP contribution in [0.1, 0.15) is 13.3 Å². The van der Waals surface area contributed by atoms with E-state index in [2.05, 4.69) is 0 Å². The minimum Gasteiger partial charge on any atom is -0.480 e. The molecule has 2 saturated heterocycles. The fourth-order valence-electron chi connectivity index (χ4n) is 2.51. The number of carbonyl (C=O) groups is 2. The van der Waals surface area contributed by atoms with Crippen LogP contribution in [0.25, 0.3) is 0 Å². The maximum Gasteiger partial charge on any atom is 0.326 e. The zero-order valence-electron chi connectivity index (χ0n) is 10.2. The van der Waals surface area contributed by atoms with Crippen LogP contribution in [0.15, 0.2) is 0 Å². The summed E-state index contributed by atoms with van der Waals surface area (Å²) >= 11 is 0. The Morgan fingerprint density at radius 3 is 2.67 bits per heavy atom. The van der Waals surface area contributed by atoms with Crippen LogP contribution in [0.5, 0.6) is 0 Å². The predicted molar refractivity (Wildman–Crippen MR) is 60.7 cm³/mol. The molecule has 0 aromatic rings. The zero-order valence-corrected chi connectivity index (χ0v) is 10.2. The third-order valence-corrected chi connectivity index (χ3v) is 3.83. The van der Waals surface area contributed by atoms with Gasteiger partial charge < -0.3 is 25.6 Å². The quantitative estimate of drug-likeness (QED) is 0.549. The maximum atomic E-state index is 12.4. The lowest BCUT2D eigenvalue weighted by Crippen LogP contribution is -2.54. The van der Waals surface area contributed by atoms with Gasteiger partial charge in [0.2, 0.25) is 5.91 Å². The molecule has 2 aliphatic rings. The largest absolute Gasteiger partial charge is 0.480 e. The Labute approximate surface area is 105 Å². The number of aliphatic hydroxyl groups is 1. The van der Waals surface area contributed by atoms with Gasteiger partial charge in [-0.15, -0.1) is 0 Å². The zero-order chi connectivity index (χ0) is 13.5. The van der Waals surface area contributed by atoms with Gasteiger partial charge in [-0.05, 0) is 6.92 Å². The van der Waals surface area contributed by atoms with Crippen molar-refractivity contribution in [2.24, 2.45) is 11.1 Å². The third-order valence-electron chi connectivity index (χ3n) is 3.83. The number of carbonyl (C=O) groups excluding carboxylic acids is 1. The highest BCUT2D eigenvalue weighted by Crippen LogP contribution is 2.32. The molecule has 0 aliphatic carbocycles. The Kier molecular flexibility index (Phi) is 3.31. The van der Waals surface area contributed by atoms with Crippen LogP contribution >= 0.6 is 0 Å². The van der Waals surface area contributed by atoms with Gasteiger partial charge in [0, 0.05) is 19.0 Å². The number of rotatable bonds is 2. The molecule has 0 saturated carbocycles. The van der Waals surface area contributed by atoms with Crippen LogP contribution < -0.4 is 5.73 Å². The Morgan fingerprint density at radius 2 is 2.17 bits per heavy atom. The molecule has 0 bridgehead atoms. The van der Waals surface area contributed by atoms with Gasteiger partial charge in [0.1, 0.15) is 6.04 Å². The fourth-order valence-corrected chi connectivity index (χ4v) is 2.51. The minimum atomic E-state index is -1.10. The van der Waals surface area contributed by atoms with Crippen LogP contribution in [0.3, 0.4) is 0 Å². The molecule has 2 heterocycles. The summed E-state index contributed by atoms with van der Waals surface area (Å²) in [5.41, 5.74) is 4.95. The lowest BCUT2D eigenvalue weighted by Gasteiger charge is -2.32. The number of amides is 1. The van der Waals surface area contributed by atoms with Gasteiger partial charge in [-0.25, -0.2) is 4.79 Å². The van der Waals surface area contributed by atoms with E-state index in [-0.39, 0.29) is 32.1 Å². The van der Waals surface area contributed by atoms with E-state index in [0.29, 0.717) is 0 Å². The predicted octanol–water partition coefficient (Wildman–Crippen LogP) is -1.60. The molecule has 4 atom stereocenters. The van der Waals surface area contributed by atoms with Crippen LogP contribution in [-0.4, -0.2) is 64.9 Å². The van der Waals surface area contributed by atoms with Crippen molar-refractivity contribution in [3.63, 3.8) is 0 Å². The van der Waals surface area contributed by atoms with Gasteiger partial charge in [0.25, 0.3) is 0 Å². The molecule has 0 spiro atoms. The van der Waals surface area contributed by atoms with Crippen molar-refractivity contribution in [2.75, 3.05) is 19.8 Å². The fraction of sp³-hybridized carbons (Fsp3) is 0.818. The van der Waals surface area contributed by atoms with E-state index < -0.39 is 29.6 Å². The number of carboxylic acid groups (broad SMARTS) is 1. The Morgan fingerprint density at radius 1 is 1.50 bits per heavy atom. The summed E-state index contributed by atoms with van der Waals surface area (Å²) in [7, 11) is 0. The van der Waals surface area contributed by atoms with Crippen LogP contribution in [0, 0.1) is 5.41 Å². The molecule has 18 heavy (non-hydrogen) atoms. The molecular weight excluding hydrogens is 240 g/mol. The van der Waals surface area contributed by atoms with E-state index in [9.17, 15) is 14.7 Å². The second-order valence-corrected chi connectivity index (χ2v) is 5.24. The van der Waals surface area contributed by atoms with Gasteiger partial charge in [-0.1, -0.05) is 0 Å². The number of carboxylic acids is 1. The van der Waals surface area contributed by atoms with E-state index in [4.69, 9.17) is 15.6 Å². The van der Waals surface area contributed by atoms with E-state index in [1.54, 1.807) is 6.92 Å². The average molecular weight is 258 g/mol. The lowest BCUT2D eigenvalue weighted by molar-refractivity contribution is -0.153. The van der Waals surface area contributed by atoms with Crippen molar-refractivity contribution < 1.29 is 24.5 Å². The van der Waals surface area contributed by atoms with Crippen molar-refractivity contribution in [1.82, 2.24) is 4.90 Å². The number of nitrogens with zero attached hydrogens (tertiary/aromatic N) is 1. The first kappa shape index (κ1) is 13.3. The van der Waals surface area contributed by atoms with Crippen molar-refractivity contribution in [2.45, 2.75) is 31.5 Å². The number of aliphatic hydroxyl groups excluding tert-OH is 1. The molecule has 0 radical (unpaired) electrons. The number of likely N-dealkylation sites (tertiary alicyclic amines) is 1. The molecule has 2 unspecified atom stereocenters. The third kappa shape index (κ3) is 1.98. The molecule has 7 nitrogen and oxygen atoms in total. The van der Waals surface area contributed by atoms with E-state index in [1.807, 2.05) is 0 Å². The molecule has 2 fully saturated rings. The highest BCUT2D eigenvalue weighted by atomic mass is 16.5. The molecule has 0 aromatic carbocycles. The first-order chi connectivity index (χ1) is 8.36. The summed E-state index contributed by atoms with van der Waals surface area (Å²) in [6.45, 7) is 2.19. The summed E-state index contributed by atoms with van der Waals surface area (Å²) in [5.74, 6) is -1.45. The van der Waals surface area contributed by atoms with Crippen molar-refractivity contribution in [3.05, 3.63) is 0 Å². The summed E-state index contributed by atoms with van der Waals surface area (Å²) in [6, 6.07) is -1.42. The van der Waals surface area contributed by atoms with E-state index in [0.717, 1.165) is 0 Å². The normalized spacial score (nSPS) is 40.2. The second kappa shape index (κ2) is 4.49. The number of aliphatic carboxylic acids is 1. The molecule has 2 aliphatic heterocycles. The number of hydrogen-bond acceptors (Lipinski definition) is 5. The minimum absolute atomic E-state index is 0.0398. The molecule has 1 amide bonds. The summed E-state index contributed by atoms with van der Waals surface area (Å²) in [6.07, 6.45) is -0.732. The van der Waals surface area contributed by atoms with Crippen molar-refractivity contribution >= 4 is 11.9 Å². The SMILES string of the molecule is CC1(C(=O)N2C[C@@H](O)C[C@H]2C(=O)O)COCC1N. The van der Waals surface area contributed by atoms with Gasteiger partial charge in [0.05, 0.1) is 24.7 Å². The van der Waals surface area contributed by atoms with Crippen molar-refractivity contribution in [3.8, 4) is 0 Å².